The molecule has 11 atom stereocenters. The summed E-state index contributed by atoms with van der Waals surface area (Å²) in [6.45, 7) is 3.44. The molecule has 0 aromatic carbocycles. The summed E-state index contributed by atoms with van der Waals surface area (Å²) in [5.41, 5.74) is 0. The first-order valence-electron chi connectivity index (χ1n) is 25.1. The average Bonchev–Trinajstić information content (AvgIpc) is 4.01. The SMILES string of the molecule is CCCCCCCCCCCCCCCCCCCCCCC[C@@H](O)C(=O)NC(CO[C@@H]1OC(CO)[C@@H](O)[C@@H](O)C1O)[C@H](O)[C@H](O)C/C=C/CCCCC1CC1CCCC. The van der Waals surface area contributed by atoms with Crippen LogP contribution in [0.3, 0.4) is 0 Å². The second kappa shape index (κ2) is 35.2. The highest BCUT2D eigenvalue weighted by Crippen LogP contribution is 2.45. The van der Waals surface area contributed by atoms with Crippen molar-refractivity contribution in [3.05, 3.63) is 12.2 Å². The fourth-order valence-electron chi connectivity index (χ4n) is 8.72. The number of rotatable bonds is 40. The zero-order valence-corrected chi connectivity index (χ0v) is 38.2. The van der Waals surface area contributed by atoms with E-state index in [1.165, 1.54) is 148 Å². The monoisotopic (exact) mass is 856 g/mol. The zero-order valence-electron chi connectivity index (χ0n) is 38.2. The van der Waals surface area contributed by atoms with E-state index in [9.17, 15) is 40.5 Å². The van der Waals surface area contributed by atoms with E-state index in [1.807, 2.05) is 12.2 Å². The fourth-order valence-corrected chi connectivity index (χ4v) is 8.72. The van der Waals surface area contributed by atoms with Crippen LogP contribution in [0.2, 0.25) is 0 Å². The highest BCUT2D eigenvalue weighted by atomic mass is 16.7. The van der Waals surface area contributed by atoms with Crippen molar-refractivity contribution in [3.8, 4) is 0 Å². The number of hydrogen-bond acceptors (Lipinski definition) is 10. The lowest BCUT2D eigenvalue weighted by Crippen LogP contribution is -2.60. The largest absolute Gasteiger partial charge is 0.394 e. The molecule has 5 unspecified atom stereocenters. The van der Waals surface area contributed by atoms with Gasteiger partial charge in [-0.15, -0.1) is 0 Å². The van der Waals surface area contributed by atoms with Gasteiger partial charge >= 0.3 is 0 Å². The van der Waals surface area contributed by atoms with Gasteiger partial charge in [0.15, 0.2) is 6.29 Å². The summed E-state index contributed by atoms with van der Waals surface area (Å²) in [7, 11) is 0. The summed E-state index contributed by atoms with van der Waals surface area (Å²) in [6, 6.07) is -1.19. The molecule has 60 heavy (non-hydrogen) atoms. The number of aliphatic hydroxyl groups excluding tert-OH is 7. The number of amides is 1. The van der Waals surface area contributed by atoms with Crippen LogP contribution in [0.25, 0.3) is 0 Å². The molecule has 2 aliphatic rings. The minimum Gasteiger partial charge on any atom is -0.394 e. The van der Waals surface area contributed by atoms with Gasteiger partial charge in [0.2, 0.25) is 5.91 Å². The van der Waals surface area contributed by atoms with Crippen LogP contribution >= 0.6 is 0 Å². The van der Waals surface area contributed by atoms with Crippen molar-refractivity contribution in [2.24, 2.45) is 11.8 Å². The Hall–Kier alpha value is -1.15. The fraction of sp³-hybridized carbons (Fsp3) is 0.939. The Morgan fingerprint density at radius 2 is 1.15 bits per heavy atom. The molecule has 8 N–H and O–H groups in total. The van der Waals surface area contributed by atoms with Crippen LogP contribution in [0.4, 0.5) is 0 Å². The molecule has 1 heterocycles. The minimum absolute atomic E-state index is 0.136. The number of nitrogens with one attached hydrogen (secondary N) is 1. The molecule has 0 radical (unpaired) electrons. The van der Waals surface area contributed by atoms with Crippen molar-refractivity contribution in [3.63, 3.8) is 0 Å². The maximum absolute atomic E-state index is 13.1. The van der Waals surface area contributed by atoms with Gasteiger partial charge in [0.25, 0.3) is 0 Å². The molecule has 0 aromatic heterocycles. The molecule has 2 fully saturated rings. The van der Waals surface area contributed by atoms with Gasteiger partial charge in [0.05, 0.1) is 25.4 Å². The maximum atomic E-state index is 13.1. The van der Waals surface area contributed by atoms with Crippen molar-refractivity contribution in [1.29, 1.82) is 0 Å². The third kappa shape index (κ3) is 24.6. The van der Waals surface area contributed by atoms with Gasteiger partial charge in [0.1, 0.15) is 36.6 Å². The second-order valence-corrected chi connectivity index (χ2v) is 18.5. The molecule has 0 bridgehead atoms. The molecule has 1 aliphatic heterocycles. The summed E-state index contributed by atoms with van der Waals surface area (Å²) < 4.78 is 11.1. The number of ether oxygens (including phenoxy) is 2. The molecule has 11 nitrogen and oxygen atoms in total. The Kier molecular flexibility index (Phi) is 32.3. The quantitative estimate of drug-likeness (QED) is 0.0220. The van der Waals surface area contributed by atoms with Gasteiger partial charge in [-0.25, -0.2) is 0 Å². The summed E-state index contributed by atoms with van der Waals surface area (Å²) in [5, 5.41) is 75.7. The van der Waals surface area contributed by atoms with Crippen LogP contribution in [0.5, 0.6) is 0 Å². The molecular weight excluding hydrogens is 763 g/mol. The lowest BCUT2D eigenvalue weighted by atomic mass is 9.99. The smallest absolute Gasteiger partial charge is 0.249 e. The Morgan fingerprint density at radius 1 is 0.650 bits per heavy atom. The van der Waals surface area contributed by atoms with Crippen LogP contribution in [0.1, 0.15) is 213 Å². The third-order valence-electron chi connectivity index (χ3n) is 13.0. The number of allylic oxidation sites excluding steroid dienone is 1. The first-order chi connectivity index (χ1) is 29.1. The molecule has 0 spiro atoms. The molecule has 1 saturated heterocycles. The second-order valence-electron chi connectivity index (χ2n) is 18.5. The number of aliphatic hydroxyl groups is 7. The number of hydrogen-bond donors (Lipinski definition) is 8. The van der Waals surface area contributed by atoms with Gasteiger partial charge in [-0.3, -0.25) is 4.79 Å². The zero-order chi connectivity index (χ0) is 43.8. The number of carbonyl (C=O) groups excluding carboxylic acids is 1. The maximum Gasteiger partial charge on any atom is 0.249 e. The molecule has 1 aliphatic carbocycles. The van der Waals surface area contributed by atoms with E-state index < -0.39 is 74.2 Å². The normalized spacial score (nSPS) is 25.1. The van der Waals surface area contributed by atoms with Crippen LogP contribution in [-0.2, 0) is 14.3 Å². The van der Waals surface area contributed by atoms with Crippen LogP contribution in [0.15, 0.2) is 12.2 Å². The predicted molar refractivity (Wildman–Crippen MR) is 240 cm³/mol. The molecule has 0 aromatic rings. The molecule has 11 heteroatoms. The van der Waals surface area contributed by atoms with E-state index in [0.717, 1.165) is 43.9 Å². The highest BCUT2D eigenvalue weighted by molar-refractivity contribution is 5.80. The molecule has 354 valence electrons. The van der Waals surface area contributed by atoms with E-state index >= 15 is 0 Å². The predicted octanol–water partition coefficient (Wildman–Crippen LogP) is 8.31. The minimum atomic E-state index is -1.67. The van der Waals surface area contributed by atoms with Crippen LogP contribution in [0, 0.1) is 11.8 Å². The summed E-state index contributed by atoms with van der Waals surface area (Å²) in [6.07, 6.45) is 29.1. The topological polar surface area (TPSA) is 189 Å². The van der Waals surface area contributed by atoms with E-state index in [1.54, 1.807) is 0 Å². The Labute approximate surface area is 365 Å². The van der Waals surface area contributed by atoms with Gasteiger partial charge in [-0.2, -0.15) is 0 Å². The standard InChI is InChI=1S/C49H93NO10/c1-3-5-7-8-9-10-11-12-13-14-15-16-17-18-19-20-21-22-23-26-30-34-42(53)48(58)50-40(37-59-49-47(57)46(56)45(55)43(36-51)60-49)44(54)41(52)33-29-27-24-25-28-32-39-35-38(39)31-6-4-2/h27,29,38-47,49,51-57H,3-26,28,30-37H2,1-2H3,(H,50,58)/b29-27+/t38?,39?,40?,41-,42-,43?,44+,45-,46-,47?,49-/m1/s1. The van der Waals surface area contributed by atoms with Crippen molar-refractivity contribution >= 4 is 5.91 Å². The third-order valence-corrected chi connectivity index (χ3v) is 13.0. The average molecular weight is 856 g/mol. The van der Waals surface area contributed by atoms with Gasteiger partial charge in [-0.1, -0.05) is 193 Å². The Bertz CT molecular complexity index is 1050. The van der Waals surface area contributed by atoms with E-state index in [-0.39, 0.29) is 12.8 Å². The van der Waals surface area contributed by atoms with Crippen molar-refractivity contribution in [2.45, 2.75) is 268 Å². The van der Waals surface area contributed by atoms with Gasteiger partial charge in [0, 0.05) is 0 Å². The molecule has 1 saturated carbocycles. The van der Waals surface area contributed by atoms with Crippen molar-refractivity contribution < 1.29 is 50.0 Å². The van der Waals surface area contributed by atoms with Crippen LogP contribution in [-0.4, -0.2) is 110 Å². The van der Waals surface area contributed by atoms with Crippen molar-refractivity contribution in [2.75, 3.05) is 13.2 Å². The molecule has 1 amide bonds. The summed E-state index contributed by atoms with van der Waals surface area (Å²) >= 11 is 0. The number of carbonyl (C=O) groups is 1. The Balaban J connectivity index is 1.64. The van der Waals surface area contributed by atoms with E-state index in [4.69, 9.17) is 9.47 Å². The molecular formula is C49H93NO10. The van der Waals surface area contributed by atoms with Gasteiger partial charge < -0.3 is 50.5 Å². The summed E-state index contributed by atoms with van der Waals surface area (Å²) in [4.78, 5) is 13.1. The van der Waals surface area contributed by atoms with E-state index in [2.05, 4.69) is 19.2 Å². The Morgan fingerprint density at radius 3 is 1.67 bits per heavy atom. The highest BCUT2D eigenvalue weighted by Gasteiger charge is 2.44. The van der Waals surface area contributed by atoms with E-state index in [0.29, 0.717) is 6.42 Å². The lowest BCUT2D eigenvalue weighted by molar-refractivity contribution is -0.303. The lowest BCUT2D eigenvalue weighted by Gasteiger charge is -2.40. The first kappa shape index (κ1) is 55.0. The summed E-state index contributed by atoms with van der Waals surface area (Å²) in [5.74, 6) is 1.10. The first-order valence-corrected chi connectivity index (χ1v) is 25.1. The van der Waals surface area contributed by atoms with Crippen LogP contribution < -0.4 is 5.32 Å². The van der Waals surface area contributed by atoms with Crippen molar-refractivity contribution in [1.82, 2.24) is 5.32 Å². The molecule has 2 rings (SSSR count). The number of unbranched alkanes of at least 4 members (excludes halogenated alkanes) is 23. The van der Waals surface area contributed by atoms with Gasteiger partial charge in [-0.05, 0) is 43.9 Å².